The molecule has 0 spiro atoms. The summed E-state index contributed by atoms with van der Waals surface area (Å²) in [5, 5.41) is 5.91. The van der Waals surface area contributed by atoms with Gasteiger partial charge in [0, 0.05) is 26.6 Å². The molecule has 6 heteroatoms. The van der Waals surface area contributed by atoms with Gasteiger partial charge in [0.05, 0.1) is 12.3 Å². The molecule has 0 aliphatic heterocycles. The highest BCUT2D eigenvalue weighted by Gasteiger charge is 2.07. The third kappa shape index (κ3) is 8.55. The van der Waals surface area contributed by atoms with Crippen molar-refractivity contribution < 1.29 is 14.3 Å². The first-order valence-corrected chi connectivity index (χ1v) is 6.93. The van der Waals surface area contributed by atoms with Crippen molar-refractivity contribution >= 4 is 24.0 Å². The lowest BCUT2D eigenvalue weighted by Crippen LogP contribution is -2.16. The normalized spacial score (nSPS) is 9.81. The molecular formula is C15H25ClN2O3. The van der Waals surface area contributed by atoms with Gasteiger partial charge in [-0.2, -0.15) is 0 Å². The number of anilines is 1. The van der Waals surface area contributed by atoms with Crippen LogP contribution in [-0.4, -0.2) is 39.8 Å². The van der Waals surface area contributed by atoms with Crippen LogP contribution in [0.25, 0.3) is 0 Å². The SMILES string of the molecule is CNCCCC(=O)Nc1ccccc1OCCCOC.Cl. The topological polar surface area (TPSA) is 59.6 Å². The van der Waals surface area contributed by atoms with Gasteiger partial charge in [-0.05, 0) is 32.1 Å². The molecule has 21 heavy (non-hydrogen) atoms. The van der Waals surface area contributed by atoms with Crippen molar-refractivity contribution in [1.29, 1.82) is 0 Å². The van der Waals surface area contributed by atoms with E-state index in [4.69, 9.17) is 9.47 Å². The van der Waals surface area contributed by atoms with Crippen molar-refractivity contribution in [2.24, 2.45) is 0 Å². The Hall–Kier alpha value is -1.30. The number of para-hydroxylation sites is 2. The first-order chi connectivity index (χ1) is 9.77. The number of halogens is 1. The molecule has 2 N–H and O–H groups in total. The number of rotatable bonds is 10. The van der Waals surface area contributed by atoms with Crippen molar-refractivity contribution in [3.63, 3.8) is 0 Å². The van der Waals surface area contributed by atoms with Crippen LogP contribution in [0.2, 0.25) is 0 Å². The molecular weight excluding hydrogens is 292 g/mol. The van der Waals surface area contributed by atoms with E-state index in [1.54, 1.807) is 7.11 Å². The summed E-state index contributed by atoms with van der Waals surface area (Å²) in [6, 6.07) is 7.48. The van der Waals surface area contributed by atoms with E-state index >= 15 is 0 Å². The van der Waals surface area contributed by atoms with Crippen LogP contribution in [0.15, 0.2) is 24.3 Å². The molecule has 0 fully saturated rings. The molecule has 0 atom stereocenters. The summed E-state index contributed by atoms with van der Waals surface area (Å²) in [5.41, 5.74) is 0.722. The van der Waals surface area contributed by atoms with Crippen molar-refractivity contribution in [2.75, 3.05) is 39.2 Å². The molecule has 0 aliphatic rings. The van der Waals surface area contributed by atoms with E-state index in [1.807, 2.05) is 31.3 Å². The predicted octanol–water partition coefficient (Wildman–Crippen LogP) is 2.46. The number of amides is 1. The Morgan fingerprint density at radius 2 is 1.95 bits per heavy atom. The molecule has 0 unspecified atom stereocenters. The first-order valence-electron chi connectivity index (χ1n) is 6.93. The fraction of sp³-hybridized carbons (Fsp3) is 0.533. The Labute approximate surface area is 132 Å². The molecule has 5 nitrogen and oxygen atoms in total. The second-order valence-corrected chi connectivity index (χ2v) is 4.45. The zero-order valence-electron chi connectivity index (χ0n) is 12.7. The molecule has 0 saturated heterocycles. The fourth-order valence-electron chi connectivity index (χ4n) is 1.72. The maximum absolute atomic E-state index is 11.8. The molecule has 1 aromatic rings. The molecule has 0 bridgehead atoms. The largest absolute Gasteiger partial charge is 0.491 e. The summed E-state index contributed by atoms with van der Waals surface area (Å²) in [5.74, 6) is 0.707. The Morgan fingerprint density at radius 1 is 1.19 bits per heavy atom. The van der Waals surface area contributed by atoms with Gasteiger partial charge < -0.3 is 20.1 Å². The van der Waals surface area contributed by atoms with Crippen LogP contribution in [0.5, 0.6) is 5.75 Å². The van der Waals surface area contributed by atoms with Gasteiger partial charge in [-0.25, -0.2) is 0 Å². The van der Waals surface area contributed by atoms with Gasteiger partial charge in [0.1, 0.15) is 5.75 Å². The molecule has 120 valence electrons. The molecule has 0 saturated carbocycles. The van der Waals surface area contributed by atoms with Gasteiger partial charge >= 0.3 is 0 Å². The van der Waals surface area contributed by atoms with Crippen LogP contribution in [0.4, 0.5) is 5.69 Å². The molecule has 0 aliphatic carbocycles. The number of ether oxygens (including phenoxy) is 2. The van der Waals surface area contributed by atoms with Crippen LogP contribution < -0.4 is 15.4 Å². The second-order valence-electron chi connectivity index (χ2n) is 4.45. The smallest absolute Gasteiger partial charge is 0.224 e. The van der Waals surface area contributed by atoms with E-state index in [1.165, 1.54) is 0 Å². The van der Waals surface area contributed by atoms with Crippen LogP contribution in [0.3, 0.4) is 0 Å². The molecule has 1 rings (SSSR count). The number of hydrogen-bond donors (Lipinski definition) is 2. The third-order valence-electron chi connectivity index (χ3n) is 2.74. The Bertz CT molecular complexity index is 402. The maximum atomic E-state index is 11.8. The maximum Gasteiger partial charge on any atom is 0.224 e. The predicted molar refractivity (Wildman–Crippen MR) is 87.5 cm³/mol. The van der Waals surface area contributed by atoms with Gasteiger partial charge in [0.2, 0.25) is 5.91 Å². The zero-order chi connectivity index (χ0) is 14.6. The summed E-state index contributed by atoms with van der Waals surface area (Å²) in [7, 11) is 3.54. The van der Waals surface area contributed by atoms with Gasteiger partial charge in [0.25, 0.3) is 0 Å². The lowest BCUT2D eigenvalue weighted by Gasteiger charge is -2.12. The molecule has 1 amide bonds. The Morgan fingerprint density at radius 3 is 2.67 bits per heavy atom. The average molecular weight is 317 g/mol. The minimum atomic E-state index is 0. The van der Waals surface area contributed by atoms with Crippen molar-refractivity contribution in [1.82, 2.24) is 5.32 Å². The van der Waals surface area contributed by atoms with Crippen molar-refractivity contribution in [3.05, 3.63) is 24.3 Å². The lowest BCUT2D eigenvalue weighted by atomic mass is 10.2. The fourth-order valence-corrected chi connectivity index (χ4v) is 1.72. The van der Waals surface area contributed by atoms with Gasteiger partial charge in [0.15, 0.2) is 0 Å². The summed E-state index contributed by atoms with van der Waals surface area (Å²) < 4.78 is 10.6. The van der Waals surface area contributed by atoms with Crippen molar-refractivity contribution in [2.45, 2.75) is 19.3 Å². The number of methoxy groups -OCH3 is 1. The highest BCUT2D eigenvalue weighted by atomic mass is 35.5. The van der Waals surface area contributed by atoms with E-state index in [0.29, 0.717) is 25.4 Å². The van der Waals surface area contributed by atoms with Gasteiger partial charge in [-0.3, -0.25) is 4.79 Å². The lowest BCUT2D eigenvalue weighted by molar-refractivity contribution is -0.116. The van der Waals surface area contributed by atoms with Gasteiger partial charge in [-0.1, -0.05) is 12.1 Å². The summed E-state index contributed by atoms with van der Waals surface area (Å²) >= 11 is 0. The zero-order valence-corrected chi connectivity index (χ0v) is 13.5. The standard InChI is InChI=1S/C15H24N2O3.ClH/c1-16-10-5-9-15(18)17-13-7-3-4-8-14(13)20-12-6-11-19-2;/h3-4,7-8,16H,5-6,9-12H2,1-2H3,(H,17,18);1H. The van der Waals surface area contributed by atoms with Crippen LogP contribution >= 0.6 is 12.4 Å². The monoisotopic (exact) mass is 316 g/mol. The molecule has 1 aromatic carbocycles. The number of carbonyl (C=O) groups excluding carboxylic acids is 1. The highest BCUT2D eigenvalue weighted by Crippen LogP contribution is 2.24. The number of benzene rings is 1. The average Bonchev–Trinajstić information content (AvgIpc) is 2.45. The minimum absolute atomic E-state index is 0. The van der Waals surface area contributed by atoms with Crippen LogP contribution in [0, 0.1) is 0 Å². The number of nitrogens with one attached hydrogen (secondary N) is 2. The van der Waals surface area contributed by atoms with E-state index < -0.39 is 0 Å². The van der Waals surface area contributed by atoms with Crippen LogP contribution in [-0.2, 0) is 9.53 Å². The molecule has 0 heterocycles. The summed E-state index contributed by atoms with van der Waals surface area (Å²) in [4.78, 5) is 11.8. The molecule has 0 radical (unpaired) electrons. The molecule has 0 aromatic heterocycles. The van der Waals surface area contributed by atoms with E-state index in [-0.39, 0.29) is 18.3 Å². The van der Waals surface area contributed by atoms with Crippen LogP contribution in [0.1, 0.15) is 19.3 Å². The number of carbonyl (C=O) groups is 1. The van der Waals surface area contributed by atoms with E-state index in [9.17, 15) is 4.79 Å². The third-order valence-corrected chi connectivity index (χ3v) is 2.74. The number of hydrogen-bond acceptors (Lipinski definition) is 4. The quantitative estimate of drug-likeness (QED) is 0.651. The second kappa shape index (κ2) is 12.4. The Balaban J connectivity index is 0.00000400. The summed E-state index contributed by atoms with van der Waals surface area (Å²) in [6.45, 7) is 2.07. The van der Waals surface area contributed by atoms with E-state index in [2.05, 4.69) is 10.6 Å². The first kappa shape index (κ1) is 19.7. The van der Waals surface area contributed by atoms with E-state index in [0.717, 1.165) is 25.1 Å². The van der Waals surface area contributed by atoms with Crippen molar-refractivity contribution in [3.8, 4) is 5.75 Å². The highest BCUT2D eigenvalue weighted by molar-refractivity contribution is 5.92. The Kier molecular flexibility index (Phi) is 11.7. The minimum Gasteiger partial charge on any atom is -0.491 e. The summed E-state index contributed by atoms with van der Waals surface area (Å²) in [6.07, 6.45) is 2.14. The van der Waals surface area contributed by atoms with Gasteiger partial charge in [-0.15, -0.1) is 12.4 Å².